The predicted molar refractivity (Wildman–Crippen MR) is 62.9 cm³/mol. The average molecular weight is 227 g/mol. The second-order valence-electron chi connectivity index (χ2n) is 3.74. The van der Waals surface area contributed by atoms with Crippen LogP contribution in [0.5, 0.6) is 0 Å². The van der Waals surface area contributed by atoms with Crippen LogP contribution in [-0.4, -0.2) is 11.9 Å². The highest BCUT2D eigenvalue weighted by atomic mass is 35.5. The van der Waals surface area contributed by atoms with E-state index < -0.39 is 6.04 Å². The van der Waals surface area contributed by atoms with Gasteiger partial charge in [-0.2, -0.15) is 0 Å². The molecule has 1 amide bonds. The van der Waals surface area contributed by atoms with Gasteiger partial charge in [0.25, 0.3) is 0 Å². The van der Waals surface area contributed by atoms with E-state index in [9.17, 15) is 4.79 Å². The Morgan fingerprint density at radius 1 is 1.40 bits per heavy atom. The molecule has 0 aliphatic heterocycles. The summed E-state index contributed by atoms with van der Waals surface area (Å²) >= 11 is 5.90. The average Bonchev–Trinajstić information content (AvgIpc) is 2.20. The Balaban J connectivity index is 2.71. The lowest BCUT2D eigenvalue weighted by atomic mass is 10.1. The summed E-state index contributed by atoms with van der Waals surface area (Å²) in [5, 5.41) is 3.21. The second-order valence-corrected chi connectivity index (χ2v) is 4.15. The number of rotatable bonds is 3. The number of amides is 1. The van der Waals surface area contributed by atoms with Gasteiger partial charge in [-0.25, -0.2) is 0 Å². The predicted octanol–water partition coefficient (Wildman–Crippen LogP) is 2.26. The lowest BCUT2D eigenvalue weighted by molar-refractivity contribution is -0.118. The van der Waals surface area contributed by atoms with Crippen LogP contribution in [0.2, 0.25) is 5.02 Å². The van der Waals surface area contributed by atoms with Crippen molar-refractivity contribution in [1.82, 2.24) is 0 Å². The van der Waals surface area contributed by atoms with Crippen LogP contribution in [0, 0.1) is 5.92 Å². The molecule has 0 aromatic heterocycles. The highest BCUT2D eigenvalue weighted by Gasteiger charge is 2.17. The number of carbonyl (C=O) groups is 1. The number of halogens is 1. The summed E-state index contributed by atoms with van der Waals surface area (Å²) < 4.78 is 0. The monoisotopic (exact) mass is 226 g/mol. The summed E-state index contributed by atoms with van der Waals surface area (Å²) in [5.74, 6) is -0.106. The van der Waals surface area contributed by atoms with E-state index in [0.29, 0.717) is 10.7 Å². The van der Waals surface area contributed by atoms with E-state index in [1.165, 1.54) is 0 Å². The number of nitrogens with one attached hydrogen (secondary N) is 1. The second kappa shape index (κ2) is 5.14. The maximum Gasteiger partial charge on any atom is 0.241 e. The fraction of sp³-hybridized carbons (Fsp3) is 0.364. The molecule has 1 aromatic carbocycles. The van der Waals surface area contributed by atoms with E-state index in [0.717, 1.165) is 0 Å². The molecule has 82 valence electrons. The summed E-state index contributed by atoms with van der Waals surface area (Å²) in [6.45, 7) is 3.80. The third-order valence-electron chi connectivity index (χ3n) is 2.15. The Hall–Kier alpha value is -1.06. The van der Waals surface area contributed by atoms with Gasteiger partial charge < -0.3 is 11.1 Å². The molecule has 0 unspecified atom stereocenters. The van der Waals surface area contributed by atoms with Gasteiger partial charge in [0.2, 0.25) is 5.91 Å². The van der Waals surface area contributed by atoms with Gasteiger partial charge in [0.05, 0.1) is 16.8 Å². The molecule has 1 rings (SSSR count). The van der Waals surface area contributed by atoms with Crippen LogP contribution in [0.3, 0.4) is 0 Å². The van der Waals surface area contributed by atoms with Gasteiger partial charge in [0, 0.05) is 0 Å². The number of para-hydroxylation sites is 1. The zero-order chi connectivity index (χ0) is 11.4. The molecule has 3 N–H and O–H groups in total. The molecule has 0 spiro atoms. The lowest BCUT2D eigenvalue weighted by Crippen LogP contribution is -2.39. The molecule has 0 fully saturated rings. The van der Waals surface area contributed by atoms with Gasteiger partial charge >= 0.3 is 0 Å². The van der Waals surface area contributed by atoms with E-state index in [-0.39, 0.29) is 11.8 Å². The van der Waals surface area contributed by atoms with Crippen LogP contribution in [0.25, 0.3) is 0 Å². The minimum atomic E-state index is -0.513. The number of anilines is 1. The number of hydrogen-bond acceptors (Lipinski definition) is 2. The van der Waals surface area contributed by atoms with Crippen molar-refractivity contribution in [3.63, 3.8) is 0 Å². The number of benzene rings is 1. The highest BCUT2D eigenvalue weighted by molar-refractivity contribution is 6.33. The van der Waals surface area contributed by atoms with Crippen LogP contribution >= 0.6 is 11.6 Å². The molecular formula is C11H15ClN2O. The van der Waals surface area contributed by atoms with E-state index in [4.69, 9.17) is 17.3 Å². The van der Waals surface area contributed by atoms with Gasteiger partial charge in [-0.05, 0) is 18.1 Å². The molecule has 0 radical (unpaired) electrons. The Morgan fingerprint density at radius 2 is 2.00 bits per heavy atom. The normalized spacial score (nSPS) is 12.6. The van der Waals surface area contributed by atoms with E-state index >= 15 is 0 Å². The van der Waals surface area contributed by atoms with Crippen LogP contribution in [0.15, 0.2) is 24.3 Å². The van der Waals surface area contributed by atoms with Crippen molar-refractivity contribution in [3.8, 4) is 0 Å². The third-order valence-corrected chi connectivity index (χ3v) is 2.48. The summed E-state index contributed by atoms with van der Waals surface area (Å²) in [6.07, 6.45) is 0. The van der Waals surface area contributed by atoms with Crippen molar-refractivity contribution < 1.29 is 4.79 Å². The molecular weight excluding hydrogens is 212 g/mol. The molecule has 0 saturated carbocycles. The van der Waals surface area contributed by atoms with Crippen LogP contribution in [-0.2, 0) is 4.79 Å². The Kier molecular flexibility index (Phi) is 4.12. The zero-order valence-corrected chi connectivity index (χ0v) is 9.58. The Morgan fingerprint density at radius 3 is 2.53 bits per heavy atom. The van der Waals surface area contributed by atoms with Gasteiger partial charge in [-0.15, -0.1) is 0 Å². The van der Waals surface area contributed by atoms with Crippen molar-refractivity contribution in [2.75, 3.05) is 5.32 Å². The summed E-state index contributed by atoms with van der Waals surface area (Å²) in [4.78, 5) is 11.6. The van der Waals surface area contributed by atoms with Crippen LogP contribution in [0.1, 0.15) is 13.8 Å². The standard InChI is InChI=1S/C11H15ClN2O/c1-7(2)10(13)11(15)14-9-6-4-3-5-8(9)12/h3-7,10H,13H2,1-2H3,(H,14,15)/t10-/m1/s1. The molecule has 1 atom stereocenters. The number of hydrogen-bond donors (Lipinski definition) is 2. The van der Waals surface area contributed by atoms with Crippen molar-refractivity contribution >= 4 is 23.2 Å². The van der Waals surface area contributed by atoms with Crippen LogP contribution < -0.4 is 11.1 Å². The smallest absolute Gasteiger partial charge is 0.241 e. The Bertz CT molecular complexity index is 352. The van der Waals surface area contributed by atoms with Gasteiger partial charge in [-0.3, -0.25) is 4.79 Å². The molecule has 0 aliphatic carbocycles. The molecule has 4 heteroatoms. The highest BCUT2D eigenvalue weighted by Crippen LogP contribution is 2.20. The summed E-state index contributed by atoms with van der Waals surface area (Å²) in [5.41, 5.74) is 6.30. The van der Waals surface area contributed by atoms with Crippen molar-refractivity contribution in [3.05, 3.63) is 29.3 Å². The van der Waals surface area contributed by atoms with Crippen molar-refractivity contribution in [1.29, 1.82) is 0 Å². The maximum absolute atomic E-state index is 11.6. The first-order chi connectivity index (χ1) is 7.02. The number of nitrogens with two attached hydrogens (primary N) is 1. The molecule has 0 heterocycles. The van der Waals surface area contributed by atoms with Crippen molar-refractivity contribution in [2.45, 2.75) is 19.9 Å². The maximum atomic E-state index is 11.6. The largest absolute Gasteiger partial charge is 0.323 e. The van der Waals surface area contributed by atoms with Crippen LogP contribution in [0.4, 0.5) is 5.69 Å². The molecule has 15 heavy (non-hydrogen) atoms. The minimum absolute atomic E-state index is 0.104. The Labute approximate surface area is 94.6 Å². The molecule has 1 aromatic rings. The first-order valence-electron chi connectivity index (χ1n) is 4.83. The van der Waals surface area contributed by atoms with E-state index in [1.807, 2.05) is 19.9 Å². The fourth-order valence-corrected chi connectivity index (χ4v) is 1.26. The van der Waals surface area contributed by atoms with Gasteiger partial charge in [0.15, 0.2) is 0 Å². The molecule has 3 nitrogen and oxygen atoms in total. The lowest BCUT2D eigenvalue weighted by Gasteiger charge is -2.15. The third kappa shape index (κ3) is 3.22. The van der Waals surface area contributed by atoms with Crippen molar-refractivity contribution in [2.24, 2.45) is 11.7 Å². The summed E-state index contributed by atoms with van der Waals surface area (Å²) in [6, 6.07) is 6.56. The first-order valence-corrected chi connectivity index (χ1v) is 5.21. The molecule has 0 saturated heterocycles. The SMILES string of the molecule is CC(C)[C@@H](N)C(=O)Nc1ccccc1Cl. The quantitative estimate of drug-likeness (QED) is 0.831. The number of carbonyl (C=O) groups excluding carboxylic acids is 1. The van der Waals surface area contributed by atoms with Gasteiger partial charge in [-0.1, -0.05) is 37.6 Å². The summed E-state index contributed by atoms with van der Waals surface area (Å²) in [7, 11) is 0. The van der Waals surface area contributed by atoms with E-state index in [2.05, 4.69) is 5.32 Å². The minimum Gasteiger partial charge on any atom is -0.323 e. The molecule has 0 bridgehead atoms. The van der Waals surface area contributed by atoms with Gasteiger partial charge in [0.1, 0.15) is 0 Å². The zero-order valence-electron chi connectivity index (χ0n) is 8.83. The van der Waals surface area contributed by atoms with E-state index in [1.54, 1.807) is 18.2 Å². The molecule has 0 aliphatic rings. The first kappa shape index (κ1) is 12.0. The topological polar surface area (TPSA) is 55.1 Å². The fourth-order valence-electron chi connectivity index (χ4n) is 1.08.